The zero-order valence-electron chi connectivity index (χ0n) is 5.89. The maximum absolute atomic E-state index is 5.19. The molecule has 0 radical (unpaired) electrons. The van der Waals surface area contributed by atoms with Crippen molar-refractivity contribution in [3.63, 3.8) is 0 Å². The quantitative estimate of drug-likeness (QED) is 0.562. The molecule has 1 aliphatic carbocycles. The van der Waals surface area contributed by atoms with Gasteiger partial charge in [0.1, 0.15) is 0 Å². The van der Waals surface area contributed by atoms with Crippen LogP contribution < -0.4 is 10.6 Å². The monoisotopic (exact) mass is 156 g/mol. The van der Waals surface area contributed by atoms with E-state index in [2.05, 4.69) is 10.6 Å². The van der Waals surface area contributed by atoms with Crippen molar-refractivity contribution >= 4 is 17.2 Å². The summed E-state index contributed by atoms with van der Waals surface area (Å²) in [6, 6.07) is 0.730. The number of nitrogens with one attached hydrogen (secondary N) is 2. The molecule has 2 nitrogen and oxygen atoms in total. The molecule has 0 aromatic rings. The van der Waals surface area contributed by atoms with Gasteiger partial charge >= 0.3 is 0 Å². The first-order valence-corrected chi connectivity index (χ1v) is 4.28. The predicted molar refractivity (Wildman–Crippen MR) is 45.1 cm³/mol. The average Bonchev–Trinajstić information content (AvgIpc) is 2.43. The first-order valence-electron chi connectivity index (χ1n) is 3.87. The molecule has 0 unspecified atom stereocenters. The summed E-state index contributed by atoms with van der Waals surface area (Å²) in [7, 11) is 0. The largest absolute Gasteiger partial charge is 0.377 e. The smallest absolute Gasteiger partial charge is 0.0812 e. The van der Waals surface area contributed by atoms with E-state index >= 15 is 0 Å². The second kappa shape index (κ2) is 2.47. The second-order valence-corrected chi connectivity index (χ2v) is 3.58. The van der Waals surface area contributed by atoms with Gasteiger partial charge in [-0.2, -0.15) is 0 Å². The van der Waals surface area contributed by atoms with E-state index in [1.807, 2.05) is 0 Å². The van der Waals surface area contributed by atoms with Crippen molar-refractivity contribution in [1.82, 2.24) is 10.6 Å². The molecule has 2 aliphatic rings. The van der Waals surface area contributed by atoms with Crippen LogP contribution in [0.15, 0.2) is 0 Å². The average molecular weight is 156 g/mol. The molecule has 56 valence electrons. The Morgan fingerprint density at radius 3 is 2.50 bits per heavy atom. The van der Waals surface area contributed by atoms with Crippen LogP contribution in [0.1, 0.15) is 12.8 Å². The highest BCUT2D eigenvalue weighted by Crippen LogP contribution is 2.20. The number of hydrogen-bond acceptors (Lipinski definition) is 2. The van der Waals surface area contributed by atoms with Crippen LogP contribution in [-0.4, -0.2) is 24.1 Å². The molecule has 0 aromatic heterocycles. The maximum atomic E-state index is 5.19. The standard InChI is InChI=1S/C7H12N2S/c10-7(5-3-8-4-5)9-6-1-2-6/h5-6,8H,1-4H2,(H,9,10). The van der Waals surface area contributed by atoms with Gasteiger partial charge in [0.05, 0.1) is 4.99 Å². The van der Waals surface area contributed by atoms with Crippen LogP contribution in [0.4, 0.5) is 0 Å². The summed E-state index contributed by atoms with van der Waals surface area (Å²) in [4.78, 5) is 1.08. The Balaban J connectivity index is 1.74. The van der Waals surface area contributed by atoms with Crippen molar-refractivity contribution in [3.05, 3.63) is 0 Å². The molecule has 0 amide bonds. The number of rotatable bonds is 2. The fourth-order valence-corrected chi connectivity index (χ4v) is 1.35. The summed E-state index contributed by atoms with van der Waals surface area (Å²) in [5, 5.41) is 6.56. The lowest BCUT2D eigenvalue weighted by atomic mass is 10.0. The van der Waals surface area contributed by atoms with Gasteiger partial charge in [-0.15, -0.1) is 0 Å². The summed E-state index contributed by atoms with van der Waals surface area (Å²) < 4.78 is 0. The third-order valence-electron chi connectivity index (χ3n) is 2.08. The number of hydrogen-bond donors (Lipinski definition) is 2. The molecule has 3 heteroatoms. The van der Waals surface area contributed by atoms with Crippen molar-refractivity contribution in [2.45, 2.75) is 18.9 Å². The van der Waals surface area contributed by atoms with Gasteiger partial charge in [0.2, 0.25) is 0 Å². The molecule has 1 aliphatic heterocycles. The van der Waals surface area contributed by atoms with Crippen LogP contribution in [0.25, 0.3) is 0 Å². The minimum atomic E-state index is 0.635. The fraction of sp³-hybridized carbons (Fsp3) is 0.857. The molecule has 2 rings (SSSR count). The van der Waals surface area contributed by atoms with E-state index in [1.165, 1.54) is 12.8 Å². The van der Waals surface area contributed by atoms with Gasteiger partial charge in [-0.25, -0.2) is 0 Å². The van der Waals surface area contributed by atoms with Crippen LogP contribution in [-0.2, 0) is 0 Å². The summed E-state index contributed by atoms with van der Waals surface area (Å²) >= 11 is 5.19. The van der Waals surface area contributed by atoms with Crippen molar-refractivity contribution < 1.29 is 0 Å². The molecule has 2 fully saturated rings. The van der Waals surface area contributed by atoms with Crippen LogP contribution in [0, 0.1) is 5.92 Å². The van der Waals surface area contributed by atoms with E-state index < -0.39 is 0 Å². The van der Waals surface area contributed by atoms with E-state index in [1.54, 1.807) is 0 Å². The summed E-state index contributed by atoms with van der Waals surface area (Å²) in [5.74, 6) is 0.635. The highest BCUT2D eigenvalue weighted by atomic mass is 32.1. The Labute approximate surface area is 66.4 Å². The Bertz CT molecular complexity index is 150. The lowest BCUT2D eigenvalue weighted by Crippen LogP contribution is -2.50. The Morgan fingerprint density at radius 1 is 1.40 bits per heavy atom. The van der Waals surface area contributed by atoms with Gasteiger partial charge in [-0.1, -0.05) is 12.2 Å². The first-order chi connectivity index (χ1) is 4.86. The Morgan fingerprint density at radius 2 is 2.10 bits per heavy atom. The van der Waals surface area contributed by atoms with Crippen LogP contribution >= 0.6 is 12.2 Å². The van der Waals surface area contributed by atoms with Crippen LogP contribution in [0.2, 0.25) is 0 Å². The van der Waals surface area contributed by atoms with Crippen molar-refractivity contribution in [3.8, 4) is 0 Å². The maximum Gasteiger partial charge on any atom is 0.0812 e. The van der Waals surface area contributed by atoms with Gasteiger partial charge in [-0.3, -0.25) is 0 Å². The summed E-state index contributed by atoms with van der Waals surface area (Å²) in [6.45, 7) is 2.16. The van der Waals surface area contributed by atoms with Crippen LogP contribution in [0.3, 0.4) is 0 Å². The lowest BCUT2D eigenvalue weighted by Gasteiger charge is -2.28. The third kappa shape index (κ3) is 1.30. The normalized spacial score (nSPS) is 25.6. The predicted octanol–water partition coefficient (Wildman–Crippen LogP) is 0.285. The zero-order chi connectivity index (χ0) is 6.97. The molecule has 1 saturated carbocycles. The Hall–Kier alpha value is -0.150. The zero-order valence-corrected chi connectivity index (χ0v) is 6.71. The van der Waals surface area contributed by atoms with Gasteiger partial charge in [-0.05, 0) is 12.8 Å². The minimum Gasteiger partial charge on any atom is -0.377 e. The van der Waals surface area contributed by atoms with Crippen LogP contribution in [0.5, 0.6) is 0 Å². The molecule has 0 aromatic carbocycles. The van der Waals surface area contributed by atoms with Gasteiger partial charge in [0.15, 0.2) is 0 Å². The first kappa shape index (κ1) is 6.55. The van der Waals surface area contributed by atoms with Crippen molar-refractivity contribution in [1.29, 1.82) is 0 Å². The Kier molecular flexibility index (Phi) is 1.62. The van der Waals surface area contributed by atoms with Gasteiger partial charge in [0, 0.05) is 25.0 Å². The second-order valence-electron chi connectivity index (χ2n) is 3.14. The van der Waals surface area contributed by atoms with Crippen molar-refractivity contribution in [2.75, 3.05) is 13.1 Å². The highest BCUT2D eigenvalue weighted by Gasteiger charge is 2.27. The van der Waals surface area contributed by atoms with Gasteiger partial charge < -0.3 is 10.6 Å². The van der Waals surface area contributed by atoms with E-state index in [4.69, 9.17) is 12.2 Å². The molecular formula is C7H12N2S. The van der Waals surface area contributed by atoms with Crippen molar-refractivity contribution in [2.24, 2.45) is 5.92 Å². The molecule has 0 atom stereocenters. The van der Waals surface area contributed by atoms with Gasteiger partial charge in [0.25, 0.3) is 0 Å². The number of thiocarbonyl (C=S) groups is 1. The third-order valence-corrected chi connectivity index (χ3v) is 2.53. The summed E-state index contributed by atoms with van der Waals surface area (Å²) in [6.07, 6.45) is 2.64. The van der Waals surface area contributed by atoms with E-state index in [0.29, 0.717) is 5.92 Å². The van der Waals surface area contributed by atoms with E-state index in [9.17, 15) is 0 Å². The minimum absolute atomic E-state index is 0.635. The molecule has 1 saturated heterocycles. The molecule has 1 heterocycles. The topological polar surface area (TPSA) is 24.1 Å². The molecule has 2 N–H and O–H groups in total. The molecule has 0 bridgehead atoms. The lowest BCUT2D eigenvalue weighted by molar-refractivity contribution is 0.438. The summed E-state index contributed by atoms with van der Waals surface area (Å²) in [5.41, 5.74) is 0. The molecule has 10 heavy (non-hydrogen) atoms. The highest BCUT2D eigenvalue weighted by molar-refractivity contribution is 7.80. The SMILES string of the molecule is S=C(NC1CC1)C1CNC1. The van der Waals surface area contributed by atoms with E-state index in [-0.39, 0.29) is 0 Å². The van der Waals surface area contributed by atoms with E-state index in [0.717, 1.165) is 24.1 Å². The molecular weight excluding hydrogens is 144 g/mol. The fourth-order valence-electron chi connectivity index (χ4n) is 1.02. The molecule has 0 spiro atoms.